The smallest absolute Gasteiger partial charge is 0.410 e. The maximum absolute atomic E-state index is 12.8. The molecule has 1 aliphatic rings. The normalized spacial score (nSPS) is 16.1. The monoisotopic (exact) mass is 422 g/mol. The second kappa shape index (κ2) is 10.0. The fourth-order valence-electron chi connectivity index (χ4n) is 2.96. The highest BCUT2D eigenvalue weighted by molar-refractivity contribution is 8.00. The van der Waals surface area contributed by atoms with Crippen LogP contribution in [-0.2, 0) is 14.3 Å². The number of methoxy groups -OCH3 is 1. The molecule has 1 N–H and O–H groups in total. The van der Waals surface area contributed by atoms with E-state index in [2.05, 4.69) is 5.32 Å². The van der Waals surface area contributed by atoms with E-state index in [1.807, 2.05) is 32.9 Å². The molecule has 1 heterocycles. The van der Waals surface area contributed by atoms with Crippen molar-refractivity contribution in [2.45, 2.75) is 62.3 Å². The fourth-order valence-corrected chi connectivity index (χ4v) is 3.98. The molecule has 7 nitrogen and oxygen atoms in total. The van der Waals surface area contributed by atoms with E-state index in [0.717, 1.165) is 4.90 Å². The Morgan fingerprint density at radius 2 is 1.79 bits per heavy atom. The molecule has 1 atom stereocenters. The van der Waals surface area contributed by atoms with Crippen LogP contribution in [0.4, 0.5) is 4.79 Å². The van der Waals surface area contributed by atoms with Crippen LogP contribution in [0.2, 0.25) is 0 Å². The topological polar surface area (TPSA) is 84.9 Å². The molecule has 0 saturated carbocycles. The lowest BCUT2D eigenvalue weighted by Crippen LogP contribution is -2.47. The largest absolute Gasteiger partial charge is 0.468 e. The van der Waals surface area contributed by atoms with E-state index in [1.165, 1.54) is 18.9 Å². The summed E-state index contributed by atoms with van der Waals surface area (Å²) >= 11 is 1.30. The first-order valence-corrected chi connectivity index (χ1v) is 10.6. The van der Waals surface area contributed by atoms with Crippen molar-refractivity contribution in [3.05, 3.63) is 29.8 Å². The van der Waals surface area contributed by atoms with Gasteiger partial charge >= 0.3 is 12.1 Å². The van der Waals surface area contributed by atoms with Crippen molar-refractivity contribution in [2.75, 3.05) is 20.2 Å². The number of amides is 2. The highest BCUT2D eigenvalue weighted by atomic mass is 32.2. The van der Waals surface area contributed by atoms with Crippen molar-refractivity contribution in [1.29, 1.82) is 0 Å². The first kappa shape index (κ1) is 23.1. The number of ether oxygens (including phenoxy) is 2. The van der Waals surface area contributed by atoms with Gasteiger partial charge in [-0.25, -0.2) is 4.79 Å². The van der Waals surface area contributed by atoms with Crippen LogP contribution in [0, 0.1) is 0 Å². The summed E-state index contributed by atoms with van der Waals surface area (Å²) in [6.45, 7) is 8.35. The number of thioether (sulfide) groups is 1. The molecule has 29 heavy (non-hydrogen) atoms. The molecule has 0 bridgehead atoms. The molecule has 1 aromatic carbocycles. The van der Waals surface area contributed by atoms with Gasteiger partial charge in [0, 0.05) is 24.0 Å². The molecule has 0 radical (unpaired) electrons. The molecule has 1 fully saturated rings. The zero-order valence-corrected chi connectivity index (χ0v) is 18.5. The SMILES string of the molecule is COC(=O)C(C)Sc1ccccc1C(=O)NC1CCN(C(=O)OC(C)(C)C)CC1. The van der Waals surface area contributed by atoms with Gasteiger partial charge in [0.05, 0.1) is 12.7 Å². The molecule has 1 aliphatic heterocycles. The van der Waals surface area contributed by atoms with E-state index < -0.39 is 10.9 Å². The molecule has 1 saturated heterocycles. The Kier molecular flexibility index (Phi) is 7.96. The highest BCUT2D eigenvalue weighted by Gasteiger charge is 2.28. The second-order valence-electron chi connectivity index (χ2n) is 7.99. The second-order valence-corrected chi connectivity index (χ2v) is 9.38. The molecule has 1 aromatic rings. The summed E-state index contributed by atoms with van der Waals surface area (Å²) in [6.07, 6.45) is 1.01. The van der Waals surface area contributed by atoms with Crippen molar-refractivity contribution in [3.8, 4) is 0 Å². The summed E-state index contributed by atoms with van der Waals surface area (Å²) in [5.41, 5.74) is 0.00744. The number of hydrogen-bond acceptors (Lipinski definition) is 6. The quantitative estimate of drug-likeness (QED) is 0.578. The Morgan fingerprint density at radius 3 is 2.38 bits per heavy atom. The maximum atomic E-state index is 12.8. The minimum atomic E-state index is -0.523. The number of piperidine rings is 1. The summed E-state index contributed by atoms with van der Waals surface area (Å²) in [7, 11) is 1.35. The maximum Gasteiger partial charge on any atom is 0.410 e. The van der Waals surface area contributed by atoms with Crippen LogP contribution in [0.5, 0.6) is 0 Å². The van der Waals surface area contributed by atoms with E-state index >= 15 is 0 Å². The third kappa shape index (κ3) is 6.96. The minimum Gasteiger partial charge on any atom is -0.468 e. The van der Waals surface area contributed by atoms with Gasteiger partial charge in [-0.05, 0) is 52.7 Å². The van der Waals surface area contributed by atoms with Crippen LogP contribution < -0.4 is 5.32 Å². The minimum absolute atomic E-state index is 0.0164. The molecule has 0 aliphatic carbocycles. The van der Waals surface area contributed by atoms with Gasteiger partial charge < -0.3 is 19.7 Å². The lowest BCUT2D eigenvalue weighted by atomic mass is 10.0. The number of carbonyl (C=O) groups excluding carboxylic acids is 3. The summed E-state index contributed by atoms with van der Waals surface area (Å²) in [5.74, 6) is -0.513. The van der Waals surface area contributed by atoms with E-state index in [1.54, 1.807) is 24.0 Å². The Morgan fingerprint density at radius 1 is 1.17 bits per heavy atom. The summed E-state index contributed by atoms with van der Waals surface area (Å²) < 4.78 is 10.2. The number of carbonyl (C=O) groups is 3. The van der Waals surface area contributed by atoms with E-state index in [4.69, 9.17) is 9.47 Å². The van der Waals surface area contributed by atoms with Gasteiger partial charge in [0.15, 0.2) is 0 Å². The Hall–Kier alpha value is -2.22. The number of nitrogens with one attached hydrogen (secondary N) is 1. The van der Waals surface area contributed by atoms with Crippen LogP contribution in [0.3, 0.4) is 0 Å². The van der Waals surface area contributed by atoms with E-state index in [0.29, 0.717) is 31.5 Å². The molecule has 160 valence electrons. The van der Waals surface area contributed by atoms with E-state index in [9.17, 15) is 14.4 Å². The lowest BCUT2D eigenvalue weighted by molar-refractivity contribution is -0.139. The van der Waals surface area contributed by atoms with Gasteiger partial charge in [-0.2, -0.15) is 0 Å². The molecular formula is C21H30N2O5S. The Bertz CT molecular complexity index is 739. The third-order valence-electron chi connectivity index (χ3n) is 4.45. The van der Waals surface area contributed by atoms with Gasteiger partial charge in [-0.15, -0.1) is 11.8 Å². The highest BCUT2D eigenvalue weighted by Crippen LogP contribution is 2.28. The van der Waals surface area contributed by atoms with Crippen molar-refractivity contribution < 1.29 is 23.9 Å². The standard InChI is InChI=1S/C21H30N2O5S/c1-14(19(25)27-5)29-17-9-7-6-8-16(17)18(24)22-15-10-12-23(13-11-15)20(26)28-21(2,3)4/h6-9,14-15H,10-13H2,1-5H3,(H,22,24). The number of esters is 1. The molecule has 0 aromatic heterocycles. The van der Waals surface area contributed by atoms with Crippen molar-refractivity contribution in [1.82, 2.24) is 10.2 Å². The summed E-state index contributed by atoms with van der Waals surface area (Å²) in [6, 6.07) is 7.19. The van der Waals surface area contributed by atoms with Crippen molar-refractivity contribution in [3.63, 3.8) is 0 Å². The van der Waals surface area contributed by atoms with Crippen LogP contribution in [0.15, 0.2) is 29.2 Å². The number of nitrogens with zero attached hydrogens (tertiary/aromatic N) is 1. The predicted molar refractivity (Wildman–Crippen MR) is 112 cm³/mol. The lowest BCUT2D eigenvalue weighted by Gasteiger charge is -2.33. The first-order chi connectivity index (χ1) is 13.6. The first-order valence-electron chi connectivity index (χ1n) is 9.73. The summed E-state index contributed by atoms with van der Waals surface area (Å²) in [5, 5.41) is 2.64. The Labute approximate surface area is 176 Å². The van der Waals surface area contributed by atoms with Gasteiger partial charge in [-0.3, -0.25) is 9.59 Å². The number of rotatable bonds is 5. The number of benzene rings is 1. The van der Waals surface area contributed by atoms with E-state index in [-0.39, 0.29) is 24.0 Å². The molecule has 1 unspecified atom stereocenters. The van der Waals surface area contributed by atoms with Crippen molar-refractivity contribution >= 4 is 29.7 Å². The third-order valence-corrected chi connectivity index (χ3v) is 5.61. The van der Waals surface area contributed by atoms with Gasteiger partial charge in [0.1, 0.15) is 10.9 Å². The van der Waals surface area contributed by atoms with Gasteiger partial charge in [-0.1, -0.05) is 12.1 Å². The van der Waals surface area contributed by atoms with Crippen LogP contribution in [0.1, 0.15) is 50.9 Å². The zero-order chi connectivity index (χ0) is 21.6. The number of likely N-dealkylation sites (tertiary alicyclic amines) is 1. The van der Waals surface area contributed by atoms with Crippen LogP contribution in [0.25, 0.3) is 0 Å². The van der Waals surface area contributed by atoms with Crippen LogP contribution >= 0.6 is 11.8 Å². The predicted octanol–water partition coefficient (Wildman–Crippen LogP) is 3.47. The van der Waals surface area contributed by atoms with Gasteiger partial charge in [0.25, 0.3) is 5.91 Å². The van der Waals surface area contributed by atoms with Crippen molar-refractivity contribution in [2.24, 2.45) is 0 Å². The molecule has 2 rings (SSSR count). The molecule has 2 amide bonds. The molecule has 0 spiro atoms. The fraction of sp³-hybridized carbons (Fsp3) is 0.571. The Balaban J connectivity index is 1.93. The summed E-state index contributed by atoms with van der Waals surface area (Å²) in [4.78, 5) is 39.1. The van der Waals surface area contributed by atoms with Gasteiger partial charge in [0.2, 0.25) is 0 Å². The number of hydrogen-bond donors (Lipinski definition) is 1. The average molecular weight is 423 g/mol. The average Bonchev–Trinajstić information content (AvgIpc) is 2.66. The zero-order valence-electron chi connectivity index (χ0n) is 17.7. The van der Waals surface area contributed by atoms with Crippen LogP contribution in [-0.4, -0.2) is 60.0 Å². The molecule has 8 heteroatoms. The molecular weight excluding hydrogens is 392 g/mol.